The van der Waals surface area contributed by atoms with Crippen LogP contribution in [0.2, 0.25) is 0 Å². The van der Waals surface area contributed by atoms with Gasteiger partial charge in [-0.1, -0.05) is 29.5 Å². The predicted molar refractivity (Wildman–Crippen MR) is 71.1 cm³/mol. The van der Waals surface area contributed by atoms with Crippen molar-refractivity contribution in [2.24, 2.45) is 0 Å². The Hall–Kier alpha value is -1.46. The lowest BCUT2D eigenvalue weighted by molar-refractivity contribution is 0.276. The molecule has 18 heavy (non-hydrogen) atoms. The van der Waals surface area contributed by atoms with Gasteiger partial charge in [0, 0.05) is 18.0 Å². The van der Waals surface area contributed by atoms with Gasteiger partial charge in [0.25, 0.3) is 0 Å². The van der Waals surface area contributed by atoms with Crippen LogP contribution in [-0.2, 0) is 6.54 Å². The van der Waals surface area contributed by atoms with Gasteiger partial charge in [-0.3, -0.25) is 0 Å². The van der Waals surface area contributed by atoms with Crippen molar-refractivity contribution in [3.8, 4) is 5.75 Å². The molecule has 94 valence electrons. The Morgan fingerprint density at radius 3 is 3.17 bits per heavy atom. The van der Waals surface area contributed by atoms with Crippen molar-refractivity contribution in [1.82, 2.24) is 15.5 Å². The SMILES string of the molecule is CNCc1nnc(C2CCOc3ccccc32)s1. The molecule has 1 aromatic carbocycles. The van der Waals surface area contributed by atoms with Crippen molar-refractivity contribution in [3.63, 3.8) is 0 Å². The molecule has 1 aliphatic rings. The summed E-state index contributed by atoms with van der Waals surface area (Å²) in [6, 6.07) is 8.21. The summed E-state index contributed by atoms with van der Waals surface area (Å²) in [6.07, 6.45) is 0.977. The summed E-state index contributed by atoms with van der Waals surface area (Å²) < 4.78 is 5.67. The van der Waals surface area contributed by atoms with Crippen LogP contribution in [0, 0.1) is 0 Å². The smallest absolute Gasteiger partial charge is 0.131 e. The number of ether oxygens (including phenoxy) is 1. The Kier molecular flexibility index (Phi) is 3.25. The molecule has 1 aliphatic heterocycles. The van der Waals surface area contributed by atoms with E-state index in [4.69, 9.17) is 4.74 Å². The van der Waals surface area contributed by atoms with E-state index in [0.29, 0.717) is 5.92 Å². The predicted octanol–water partition coefficient (Wildman–Crippen LogP) is 2.17. The maximum absolute atomic E-state index is 5.67. The number of para-hydroxylation sites is 1. The molecule has 1 unspecified atom stereocenters. The Bertz CT molecular complexity index is 541. The van der Waals surface area contributed by atoms with Crippen LogP contribution in [0.4, 0.5) is 0 Å². The summed E-state index contributed by atoms with van der Waals surface area (Å²) in [4.78, 5) is 0. The van der Waals surface area contributed by atoms with Gasteiger partial charge in [0.1, 0.15) is 15.8 Å². The highest BCUT2D eigenvalue weighted by molar-refractivity contribution is 7.11. The molecule has 1 atom stereocenters. The van der Waals surface area contributed by atoms with Gasteiger partial charge >= 0.3 is 0 Å². The van der Waals surface area contributed by atoms with E-state index in [9.17, 15) is 0 Å². The zero-order chi connectivity index (χ0) is 12.4. The molecule has 0 aliphatic carbocycles. The van der Waals surface area contributed by atoms with E-state index >= 15 is 0 Å². The largest absolute Gasteiger partial charge is 0.493 e. The molecule has 0 bridgehead atoms. The first-order chi connectivity index (χ1) is 8.88. The van der Waals surface area contributed by atoms with Crippen LogP contribution in [0.15, 0.2) is 24.3 Å². The van der Waals surface area contributed by atoms with Crippen molar-refractivity contribution >= 4 is 11.3 Å². The molecular formula is C13H15N3OS. The number of hydrogen-bond donors (Lipinski definition) is 1. The van der Waals surface area contributed by atoms with E-state index in [1.165, 1.54) is 5.56 Å². The number of aromatic nitrogens is 2. The van der Waals surface area contributed by atoms with Crippen LogP contribution >= 0.6 is 11.3 Å². The average molecular weight is 261 g/mol. The average Bonchev–Trinajstić information content (AvgIpc) is 2.87. The van der Waals surface area contributed by atoms with E-state index in [-0.39, 0.29) is 0 Å². The van der Waals surface area contributed by atoms with Crippen LogP contribution in [-0.4, -0.2) is 23.9 Å². The fourth-order valence-corrected chi connectivity index (χ4v) is 3.24. The van der Waals surface area contributed by atoms with Gasteiger partial charge in [-0.25, -0.2) is 0 Å². The molecule has 0 amide bonds. The second-order valence-electron chi connectivity index (χ2n) is 4.29. The first-order valence-corrected chi connectivity index (χ1v) is 6.88. The summed E-state index contributed by atoms with van der Waals surface area (Å²) in [5.41, 5.74) is 1.23. The first-order valence-electron chi connectivity index (χ1n) is 6.07. The number of nitrogens with zero attached hydrogens (tertiary/aromatic N) is 2. The maximum atomic E-state index is 5.67. The lowest BCUT2D eigenvalue weighted by atomic mass is 9.94. The van der Waals surface area contributed by atoms with Crippen molar-refractivity contribution in [2.45, 2.75) is 18.9 Å². The Morgan fingerprint density at radius 1 is 1.39 bits per heavy atom. The molecule has 0 saturated heterocycles. The number of hydrogen-bond acceptors (Lipinski definition) is 5. The fourth-order valence-electron chi connectivity index (χ4n) is 2.23. The van der Waals surface area contributed by atoms with Crippen LogP contribution in [0.5, 0.6) is 5.75 Å². The zero-order valence-electron chi connectivity index (χ0n) is 10.2. The number of fused-ring (bicyclic) bond motifs is 1. The highest BCUT2D eigenvalue weighted by Crippen LogP contribution is 2.38. The van der Waals surface area contributed by atoms with Gasteiger partial charge in [-0.15, -0.1) is 10.2 Å². The van der Waals surface area contributed by atoms with Crippen LogP contribution < -0.4 is 10.1 Å². The molecule has 0 fully saturated rings. The first kappa shape index (κ1) is 11.6. The molecule has 4 nitrogen and oxygen atoms in total. The summed E-state index contributed by atoms with van der Waals surface area (Å²) in [5, 5.41) is 13.8. The summed E-state index contributed by atoms with van der Waals surface area (Å²) in [6.45, 7) is 1.53. The van der Waals surface area contributed by atoms with Gasteiger partial charge in [0.15, 0.2) is 0 Å². The second kappa shape index (κ2) is 5.04. The van der Waals surface area contributed by atoms with Crippen LogP contribution in [0.25, 0.3) is 0 Å². The topological polar surface area (TPSA) is 47.0 Å². The van der Waals surface area contributed by atoms with E-state index in [2.05, 4.69) is 27.6 Å². The Morgan fingerprint density at radius 2 is 2.28 bits per heavy atom. The third-order valence-electron chi connectivity index (χ3n) is 3.07. The number of benzene rings is 1. The van der Waals surface area contributed by atoms with Crippen LogP contribution in [0.1, 0.15) is 27.9 Å². The monoisotopic (exact) mass is 261 g/mol. The van der Waals surface area contributed by atoms with E-state index in [1.807, 2.05) is 19.2 Å². The normalized spacial score (nSPS) is 18.2. The molecule has 5 heteroatoms. The zero-order valence-corrected chi connectivity index (χ0v) is 11.0. The molecule has 1 N–H and O–H groups in total. The second-order valence-corrected chi connectivity index (χ2v) is 5.39. The molecule has 3 rings (SSSR count). The quantitative estimate of drug-likeness (QED) is 0.920. The third kappa shape index (κ3) is 2.11. The molecule has 2 heterocycles. The molecule has 2 aromatic rings. The standard InChI is InChI=1S/C13H15N3OS/c1-14-8-12-15-16-13(18-12)10-6-7-17-11-5-3-2-4-9(10)11/h2-5,10,14H,6-8H2,1H3. The minimum atomic E-state index is 0.332. The van der Waals surface area contributed by atoms with Crippen molar-refractivity contribution in [3.05, 3.63) is 39.8 Å². The van der Waals surface area contributed by atoms with Gasteiger partial charge in [0.2, 0.25) is 0 Å². The summed E-state index contributed by atoms with van der Waals surface area (Å²) in [7, 11) is 1.92. The molecule has 0 saturated carbocycles. The maximum Gasteiger partial charge on any atom is 0.131 e. The molecule has 1 aromatic heterocycles. The summed E-state index contributed by atoms with van der Waals surface area (Å²) >= 11 is 1.69. The highest BCUT2D eigenvalue weighted by atomic mass is 32.1. The highest BCUT2D eigenvalue weighted by Gasteiger charge is 2.25. The van der Waals surface area contributed by atoms with Crippen molar-refractivity contribution in [1.29, 1.82) is 0 Å². The Labute approximate surface area is 110 Å². The van der Waals surface area contributed by atoms with Gasteiger partial charge in [-0.2, -0.15) is 0 Å². The minimum Gasteiger partial charge on any atom is -0.493 e. The molecule has 0 spiro atoms. The van der Waals surface area contributed by atoms with Gasteiger partial charge in [0.05, 0.1) is 6.61 Å². The van der Waals surface area contributed by atoms with Crippen LogP contribution in [0.3, 0.4) is 0 Å². The lowest BCUT2D eigenvalue weighted by Gasteiger charge is -2.23. The summed E-state index contributed by atoms with van der Waals surface area (Å²) in [5.74, 6) is 1.32. The molecule has 0 radical (unpaired) electrons. The number of rotatable bonds is 3. The number of nitrogens with one attached hydrogen (secondary N) is 1. The Balaban J connectivity index is 1.92. The van der Waals surface area contributed by atoms with Crippen molar-refractivity contribution in [2.75, 3.05) is 13.7 Å². The van der Waals surface area contributed by atoms with Crippen molar-refractivity contribution < 1.29 is 4.74 Å². The molecular weight excluding hydrogens is 246 g/mol. The fraction of sp³-hybridized carbons (Fsp3) is 0.385. The lowest BCUT2D eigenvalue weighted by Crippen LogP contribution is -2.14. The van der Waals surface area contributed by atoms with E-state index in [1.54, 1.807) is 11.3 Å². The van der Waals surface area contributed by atoms with Gasteiger partial charge in [-0.05, 0) is 19.5 Å². The minimum absolute atomic E-state index is 0.332. The van der Waals surface area contributed by atoms with E-state index in [0.717, 1.165) is 35.3 Å². The van der Waals surface area contributed by atoms with Gasteiger partial charge < -0.3 is 10.1 Å². The van der Waals surface area contributed by atoms with E-state index < -0.39 is 0 Å². The third-order valence-corrected chi connectivity index (χ3v) is 4.10.